The largest absolute Gasteiger partial charge is 0.493 e. The average molecular weight is 419 g/mol. The van der Waals surface area contributed by atoms with Gasteiger partial charge in [0.15, 0.2) is 18.1 Å². The van der Waals surface area contributed by atoms with Gasteiger partial charge in [-0.15, -0.1) is 0 Å². The second-order valence-electron chi connectivity index (χ2n) is 7.05. The molecule has 0 saturated heterocycles. The first-order chi connectivity index (χ1) is 14.0. The molecule has 2 aromatic rings. The SMILES string of the molecule is COc1cc2c(cc1OC)CN(CCNC(=O)COc1ccc(Cl)cc1C)CC2. The third-order valence-electron chi connectivity index (χ3n) is 5.04. The Morgan fingerprint density at radius 2 is 1.83 bits per heavy atom. The van der Waals surface area contributed by atoms with Gasteiger partial charge in [-0.2, -0.15) is 0 Å². The van der Waals surface area contributed by atoms with Crippen LogP contribution in [0.1, 0.15) is 16.7 Å². The highest BCUT2D eigenvalue weighted by molar-refractivity contribution is 6.30. The molecule has 0 radical (unpaired) electrons. The standard InChI is InChI=1S/C22H27ClN2O4/c1-15-10-18(23)4-5-19(15)29-14-22(26)24-7-9-25-8-6-16-11-20(27-2)21(28-3)12-17(16)13-25/h4-5,10-12H,6-9,13-14H2,1-3H3,(H,24,26). The summed E-state index contributed by atoms with van der Waals surface area (Å²) in [7, 11) is 3.30. The van der Waals surface area contributed by atoms with Crippen molar-refractivity contribution in [3.8, 4) is 17.2 Å². The van der Waals surface area contributed by atoms with E-state index >= 15 is 0 Å². The molecule has 0 fully saturated rings. The van der Waals surface area contributed by atoms with Gasteiger partial charge in [-0.05, 0) is 60.4 Å². The fraction of sp³-hybridized carbons (Fsp3) is 0.409. The molecule has 0 aromatic heterocycles. The lowest BCUT2D eigenvalue weighted by Crippen LogP contribution is -2.39. The molecule has 0 unspecified atom stereocenters. The third kappa shape index (κ3) is 5.55. The summed E-state index contributed by atoms with van der Waals surface area (Å²) in [5.41, 5.74) is 3.43. The van der Waals surface area contributed by atoms with Crippen LogP contribution in [0.4, 0.5) is 0 Å². The monoisotopic (exact) mass is 418 g/mol. The van der Waals surface area contributed by atoms with E-state index in [9.17, 15) is 4.79 Å². The van der Waals surface area contributed by atoms with Crippen LogP contribution in [0, 0.1) is 6.92 Å². The summed E-state index contributed by atoms with van der Waals surface area (Å²) in [5, 5.41) is 3.57. The van der Waals surface area contributed by atoms with E-state index in [2.05, 4.69) is 16.3 Å². The Kier molecular flexibility index (Phi) is 7.23. The van der Waals surface area contributed by atoms with E-state index in [1.165, 1.54) is 11.1 Å². The van der Waals surface area contributed by atoms with Crippen molar-refractivity contribution >= 4 is 17.5 Å². The lowest BCUT2D eigenvalue weighted by molar-refractivity contribution is -0.123. The summed E-state index contributed by atoms with van der Waals surface area (Å²) in [4.78, 5) is 14.4. The van der Waals surface area contributed by atoms with Crippen LogP contribution >= 0.6 is 11.6 Å². The number of methoxy groups -OCH3 is 2. The predicted octanol–water partition coefficient (Wildman–Crippen LogP) is 3.22. The molecular formula is C22H27ClN2O4. The van der Waals surface area contributed by atoms with Crippen molar-refractivity contribution in [2.24, 2.45) is 0 Å². The fourth-order valence-electron chi connectivity index (χ4n) is 3.46. The summed E-state index contributed by atoms with van der Waals surface area (Å²) >= 11 is 5.93. The van der Waals surface area contributed by atoms with Gasteiger partial charge >= 0.3 is 0 Å². The lowest BCUT2D eigenvalue weighted by atomic mass is 9.99. The van der Waals surface area contributed by atoms with Crippen LogP contribution in [0.5, 0.6) is 17.2 Å². The lowest BCUT2D eigenvalue weighted by Gasteiger charge is -2.29. The number of halogens is 1. The third-order valence-corrected chi connectivity index (χ3v) is 5.28. The summed E-state index contributed by atoms with van der Waals surface area (Å²) < 4.78 is 16.4. The Hall–Kier alpha value is -2.44. The molecule has 0 aliphatic carbocycles. The summed E-state index contributed by atoms with van der Waals surface area (Å²) in [6, 6.07) is 9.44. The molecule has 29 heavy (non-hydrogen) atoms. The van der Waals surface area contributed by atoms with Crippen LogP contribution in [0.2, 0.25) is 5.02 Å². The minimum atomic E-state index is -0.136. The number of nitrogens with one attached hydrogen (secondary N) is 1. The van der Waals surface area contributed by atoms with E-state index in [1.807, 2.05) is 19.1 Å². The number of amides is 1. The second kappa shape index (κ2) is 9.85. The zero-order chi connectivity index (χ0) is 20.8. The Labute approximate surface area is 176 Å². The number of aryl methyl sites for hydroxylation is 1. The maximum atomic E-state index is 12.1. The van der Waals surface area contributed by atoms with Gasteiger partial charge in [-0.3, -0.25) is 9.69 Å². The van der Waals surface area contributed by atoms with E-state index in [0.29, 0.717) is 17.3 Å². The van der Waals surface area contributed by atoms with E-state index < -0.39 is 0 Å². The number of hydrogen-bond donors (Lipinski definition) is 1. The summed E-state index contributed by atoms with van der Waals surface area (Å²) in [5.74, 6) is 2.05. The number of hydrogen-bond acceptors (Lipinski definition) is 5. The fourth-order valence-corrected chi connectivity index (χ4v) is 3.68. The molecule has 0 spiro atoms. The number of ether oxygens (including phenoxy) is 3. The molecule has 3 rings (SSSR count). The molecule has 0 saturated carbocycles. The molecule has 156 valence electrons. The molecule has 1 aliphatic heterocycles. The van der Waals surface area contributed by atoms with Crippen molar-refractivity contribution in [3.63, 3.8) is 0 Å². The van der Waals surface area contributed by atoms with E-state index in [1.54, 1.807) is 26.4 Å². The Morgan fingerprint density at radius 1 is 1.10 bits per heavy atom. The van der Waals surface area contributed by atoms with Gasteiger partial charge in [0.2, 0.25) is 0 Å². The molecule has 1 aliphatic rings. The van der Waals surface area contributed by atoms with Crippen LogP contribution in [-0.2, 0) is 17.8 Å². The van der Waals surface area contributed by atoms with Crippen molar-refractivity contribution in [1.29, 1.82) is 0 Å². The summed E-state index contributed by atoms with van der Waals surface area (Å²) in [6.07, 6.45) is 0.947. The molecule has 6 nitrogen and oxygen atoms in total. The number of nitrogens with zero attached hydrogens (tertiary/aromatic N) is 1. The van der Waals surface area contributed by atoms with E-state index in [0.717, 1.165) is 43.1 Å². The van der Waals surface area contributed by atoms with Crippen molar-refractivity contribution in [2.45, 2.75) is 19.9 Å². The minimum Gasteiger partial charge on any atom is -0.493 e. The number of carbonyl (C=O) groups excluding carboxylic acids is 1. The van der Waals surface area contributed by atoms with Crippen LogP contribution in [-0.4, -0.2) is 51.3 Å². The minimum absolute atomic E-state index is 0.0116. The van der Waals surface area contributed by atoms with Gasteiger partial charge in [0, 0.05) is 31.2 Å². The highest BCUT2D eigenvalue weighted by atomic mass is 35.5. The van der Waals surface area contributed by atoms with Gasteiger partial charge in [-0.25, -0.2) is 0 Å². The molecule has 0 bridgehead atoms. The van der Waals surface area contributed by atoms with Crippen molar-refractivity contribution in [2.75, 3.05) is 40.5 Å². The second-order valence-corrected chi connectivity index (χ2v) is 7.49. The number of rotatable bonds is 8. The molecule has 1 N–H and O–H groups in total. The van der Waals surface area contributed by atoms with Gasteiger partial charge in [-0.1, -0.05) is 11.6 Å². The quantitative estimate of drug-likeness (QED) is 0.713. The molecule has 1 amide bonds. The first-order valence-corrected chi connectivity index (χ1v) is 9.99. The van der Waals surface area contributed by atoms with Gasteiger partial charge in [0.1, 0.15) is 5.75 Å². The van der Waals surface area contributed by atoms with Crippen molar-refractivity contribution < 1.29 is 19.0 Å². The molecule has 7 heteroatoms. The van der Waals surface area contributed by atoms with Gasteiger partial charge < -0.3 is 19.5 Å². The van der Waals surface area contributed by atoms with Crippen LogP contribution in [0.3, 0.4) is 0 Å². The van der Waals surface area contributed by atoms with Crippen molar-refractivity contribution in [1.82, 2.24) is 10.2 Å². The topological polar surface area (TPSA) is 60.0 Å². The number of fused-ring (bicyclic) bond motifs is 1. The Balaban J connectivity index is 1.44. The summed E-state index contributed by atoms with van der Waals surface area (Å²) in [6.45, 7) is 5.01. The first-order valence-electron chi connectivity index (χ1n) is 9.62. The Morgan fingerprint density at radius 3 is 2.52 bits per heavy atom. The molecular weight excluding hydrogens is 392 g/mol. The normalized spacial score (nSPS) is 13.5. The van der Waals surface area contributed by atoms with Gasteiger partial charge in [0.05, 0.1) is 14.2 Å². The van der Waals surface area contributed by atoms with Gasteiger partial charge in [0.25, 0.3) is 5.91 Å². The van der Waals surface area contributed by atoms with Crippen LogP contribution in [0.25, 0.3) is 0 Å². The maximum absolute atomic E-state index is 12.1. The zero-order valence-electron chi connectivity index (χ0n) is 17.1. The van der Waals surface area contributed by atoms with E-state index in [-0.39, 0.29) is 12.5 Å². The van der Waals surface area contributed by atoms with Crippen LogP contribution < -0.4 is 19.5 Å². The van der Waals surface area contributed by atoms with Crippen molar-refractivity contribution in [3.05, 3.63) is 52.0 Å². The smallest absolute Gasteiger partial charge is 0.257 e. The highest BCUT2D eigenvalue weighted by Gasteiger charge is 2.19. The Bertz CT molecular complexity index is 872. The molecule has 0 atom stereocenters. The maximum Gasteiger partial charge on any atom is 0.257 e. The highest BCUT2D eigenvalue weighted by Crippen LogP contribution is 2.33. The molecule has 2 aromatic carbocycles. The number of carbonyl (C=O) groups is 1. The zero-order valence-corrected chi connectivity index (χ0v) is 17.8. The van der Waals surface area contributed by atoms with E-state index in [4.69, 9.17) is 25.8 Å². The molecule has 1 heterocycles. The first kappa shape index (κ1) is 21.3. The van der Waals surface area contributed by atoms with Crippen LogP contribution in [0.15, 0.2) is 30.3 Å². The average Bonchev–Trinajstić information content (AvgIpc) is 2.72. The number of benzene rings is 2. The predicted molar refractivity (Wildman–Crippen MR) is 113 cm³/mol.